The van der Waals surface area contributed by atoms with E-state index in [0.29, 0.717) is 0 Å². The summed E-state index contributed by atoms with van der Waals surface area (Å²) in [5.74, 6) is 2.59. The SMILES string of the molecule is C[Si](C)(C)c1ccccc1OP(Oc1ccccc1[Si](C)(C)C)Oc1ccccc1[Si](C)(C)C. The molecule has 182 valence electrons. The molecule has 0 amide bonds. The molecule has 0 spiro atoms. The minimum absolute atomic E-state index is 0.865. The van der Waals surface area contributed by atoms with E-state index in [0.717, 1.165) is 17.2 Å². The van der Waals surface area contributed by atoms with Crippen molar-refractivity contribution >= 4 is 48.4 Å². The zero-order valence-corrected chi connectivity index (χ0v) is 26.0. The third-order valence-corrected chi connectivity index (χ3v) is 12.7. The maximum absolute atomic E-state index is 6.60. The minimum Gasteiger partial charge on any atom is -0.409 e. The van der Waals surface area contributed by atoms with Crippen LogP contribution in [0.5, 0.6) is 17.2 Å². The molecule has 0 aliphatic heterocycles. The maximum Gasteiger partial charge on any atom is 0.530 e. The summed E-state index contributed by atoms with van der Waals surface area (Å²) in [7, 11) is -6.58. The molecule has 0 N–H and O–H groups in total. The van der Waals surface area contributed by atoms with E-state index in [1.807, 2.05) is 36.4 Å². The smallest absolute Gasteiger partial charge is 0.409 e. The molecule has 3 nitrogen and oxygen atoms in total. The number of para-hydroxylation sites is 3. The first-order chi connectivity index (χ1) is 15.8. The Balaban J connectivity index is 2.05. The van der Waals surface area contributed by atoms with E-state index in [1.165, 1.54) is 15.6 Å². The first kappa shape index (κ1) is 26.7. The van der Waals surface area contributed by atoms with Gasteiger partial charge in [-0.1, -0.05) is 114 Å². The van der Waals surface area contributed by atoms with Crippen molar-refractivity contribution in [1.29, 1.82) is 0 Å². The van der Waals surface area contributed by atoms with E-state index in [2.05, 4.69) is 95.3 Å². The molecule has 3 aromatic rings. The van der Waals surface area contributed by atoms with Crippen LogP contribution in [0, 0.1) is 0 Å². The molecular formula is C27H39O3PSi3. The highest BCUT2D eigenvalue weighted by molar-refractivity contribution is 7.43. The first-order valence-corrected chi connectivity index (χ1v) is 23.5. The Bertz CT molecular complexity index is 973. The molecule has 3 aromatic carbocycles. The van der Waals surface area contributed by atoms with Gasteiger partial charge in [0, 0.05) is 0 Å². The van der Waals surface area contributed by atoms with Gasteiger partial charge in [-0.05, 0) is 33.8 Å². The summed E-state index contributed by atoms with van der Waals surface area (Å²) in [6.07, 6.45) is 0. The van der Waals surface area contributed by atoms with Gasteiger partial charge >= 0.3 is 8.60 Å². The van der Waals surface area contributed by atoms with Crippen LogP contribution in [0.1, 0.15) is 0 Å². The third kappa shape index (κ3) is 6.85. The van der Waals surface area contributed by atoms with E-state index in [-0.39, 0.29) is 0 Å². The highest BCUT2D eigenvalue weighted by Gasteiger charge is 2.30. The second kappa shape index (κ2) is 10.4. The van der Waals surface area contributed by atoms with Gasteiger partial charge in [0.15, 0.2) is 0 Å². The molecule has 0 unspecified atom stereocenters. The molecule has 3 rings (SSSR count). The van der Waals surface area contributed by atoms with Crippen molar-refractivity contribution in [3.05, 3.63) is 72.8 Å². The van der Waals surface area contributed by atoms with Crippen LogP contribution in [0.15, 0.2) is 72.8 Å². The van der Waals surface area contributed by atoms with Gasteiger partial charge in [-0.15, -0.1) is 0 Å². The summed E-state index contributed by atoms with van der Waals surface area (Å²) in [6.45, 7) is 21.0. The van der Waals surface area contributed by atoms with Gasteiger partial charge in [-0.25, -0.2) is 0 Å². The third-order valence-electron chi connectivity index (χ3n) is 5.60. The number of hydrogen-bond donors (Lipinski definition) is 0. The Morgan fingerprint density at radius 2 is 0.647 bits per heavy atom. The summed E-state index contributed by atoms with van der Waals surface area (Å²) in [5.41, 5.74) is 0. The fourth-order valence-corrected chi connectivity index (χ4v) is 9.53. The molecule has 0 fully saturated rings. The Kier molecular flexibility index (Phi) is 8.18. The predicted octanol–water partition coefficient (Wildman–Crippen LogP) is 7.09. The zero-order valence-electron chi connectivity index (χ0n) is 22.1. The van der Waals surface area contributed by atoms with Crippen LogP contribution in [0.2, 0.25) is 58.9 Å². The standard InChI is InChI=1S/C27H39O3PSi3/c1-32(2,3)25-19-13-10-16-22(25)28-31(29-23-17-11-14-20-26(23)33(4,5)6)30-24-18-12-15-21-27(24)34(7,8)9/h10-21H,1-9H3. The Morgan fingerprint density at radius 3 is 0.882 bits per heavy atom. The van der Waals surface area contributed by atoms with Crippen molar-refractivity contribution in [3.63, 3.8) is 0 Å². The minimum atomic E-state index is -1.71. The molecule has 7 heteroatoms. The molecule has 0 bridgehead atoms. The van der Waals surface area contributed by atoms with Gasteiger partial charge in [0.25, 0.3) is 0 Å². The highest BCUT2D eigenvalue weighted by Crippen LogP contribution is 2.42. The van der Waals surface area contributed by atoms with Crippen molar-refractivity contribution < 1.29 is 13.6 Å². The van der Waals surface area contributed by atoms with Gasteiger partial charge in [0.2, 0.25) is 0 Å². The van der Waals surface area contributed by atoms with Crippen LogP contribution in [0.25, 0.3) is 0 Å². The highest BCUT2D eigenvalue weighted by atomic mass is 31.2. The van der Waals surface area contributed by atoms with Crippen molar-refractivity contribution in [2.24, 2.45) is 0 Å². The molecular weight excluding hydrogens is 488 g/mol. The molecule has 0 radical (unpaired) electrons. The first-order valence-electron chi connectivity index (χ1n) is 11.9. The second-order valence-electron chi connectivity index (χ2n) is 11.7. The van der Waals surface area contributed by atoms with Gasteiger partial charge < -0.3 is 13.6 Å². The molecule has 0 saturated heterocycles. The average molecular weight is 527 g/mol. The van der Waals surface area contributed by atoms with Gasteiger partial charge in [-0.2, -0.15) is 0 Å². The quantitative estimate of drug-likeness (QED) is 0.220. The van der Waals surface area contributed by atoms with Crippen LogP contribution in [0.4, 0.5) is 0 Å². The van der Waals surface area contributed by atoms with Gasteiger partial charge in [0.05, 0.1) is 24.2 Å². The maximum atomic E-state index is 6.60. The van der Waals surface area contributed by atoms with Gasteiger partial charge in [-0.3, -0.25) is 0 Å². The monoisotopic (exact) mass is 526 g/mol. The molecule has 0 heterocycles. The normalized spacial score (nSPS) is 12.5. The Morgan fingerprint density at radius 1 is 0.412 bits per heavy atom. The van der Waals surface area contributed by atoms with E-state index >= 15 is 0 Å². The lowest BCUT2D eigenvalue weighted by Gasteiger charge is -2.27. The predicted molar refractivity (Wildman–Crippen MR) is 157 cm³/mol. The van der Waals surface area contributed by atoms with Crippen molar-refractivity contribution in [2.75, 3.05) is 0 Å². The Hall–Kier alpha value is -1.86. The lowest BCUT2D eigenvalue weighted by Crippen LogP contribution is -2.39. The largest absolute Gasteiger partial charge is 0.530 e. The number of benzene rings is 3. The van der Waals surface area contributed by atoms with E-state index in [1.54, 1.807) is 0 Å². The van der Waals surface area contributed by atoms with Crippen LogP contribution >= 0.6 is 8.60 Å². The molecule has 34 heavy (non-hydrogen) atoms. The topological polar surface area (TPSA) is 27.7 Å². The fraction of sp³-hybridized carbons (Fsp3) is 0.333. The zero-order chi connectivity index (χ0) is 25.1. The number of hydrogen-bond acceptors (Lipinski definition) is 3. The number of rotatable bonds is 9. The summed E-state index contributed by atoms with van der Waals surface area (Å²) >= 11 is 0. The fourth-order valence-electron chi connectivity index (χ4n) is 3.79. The van der Waals surface area contributed by atoms with Crippen LogP contribution in [-0.2, 0) is 0 Å². The van der Waals surface area contributed by atoms with Crippen LogP contribution < -0.4 is 29.1 Å². The summed E-state index contributed by atoms with van der Waals surface area (Å²) in [5, 5.41) is 3.81. The van der Waals surface area contributed by atoms with E-state index in [9.17, 15) is 0 Å². The molecule has 0 aliphatic carbocycles. The summed E-state index contributed by atoms with van der Waals surface area (Å²) in [6, 6.07) is 25.0. The molecule has 0 aromatic heterocycles. The van der Waals surface area contributed by atoms with Crippen molar-refractivity contribution in [1.82, 2.24) is 0 Å². The molecule has 0 aliphatic rings. The van der Waals surface area contributed by atoms with Gasteiger partial charge in [0.1, 0.15) is 17.2 Å². The second-order valence-corrected chi connectivity index (χ2v) is 27.8. The summed E-state index contributed by atoms with van der Waals surface area (Å²) < 4.78 is 19.8. The Labute approximate surface area is 210 Å². The van der Waals surface area contributed by atoms with E-state index < -0.39 is 32.8 Å². The summed E-state index contributed by atoms with van der Waals surface area (Å²) in [4.78, 5) is 0. The lowest BCUT2D eigenvalue weighted by molar-refractivity contribution is 0.391. The van der Waals surface area contributed by atoms with Crippen molar-refractivity contribution in [3.8, 4) is 17.2 Å². The van der Waals surface area contributed by atoms with Crippen LogP contribution in [-0.4, -0.2) is 24.2 Å². The molecule has 0 saturated carbocycles. The van der Waals surface area contributed by atoms with Crippen LogP contribution in [0.3, 0.4) is 0 Å². The van der Waals surface area contributed by atoms with E-state index in [4.69, 9.17) is 13.6 Å². The molecule has 0 atom stereocenters. The van der Waals surface area contributed by atoms with Crippen molar-refractivity contribution in [2.45, 2.75) is 58.9 Å². The lowest BCUT2D eigenvalue weighted by atomic mass is 10.3. The average Bonchev–Trinajstić information content (AvgIpc) is 2.72.